The number of pyridine rings is 1. The van der Waals surface area contributed by atoms with Gasteiger partial charge in [0.1, 0.15) is 11.8 Å². The number of aromatic nitrogens is 1. The molecule has 168 valence electrons. The molecule has 2 rings (SSSR count). The molecule has 1 aromatic heterocycles. The van der Waals surface area contributed by atoms with Crippen molar-refractivity contribution >= 4 is 21.9 Å². The van der Waals surface area contributed by atoms with Crippen LogP contribution in [0.2, 0.25) is 0 Å². The number of carbonyl (C=O) groups is 1. The maximum atomic E-state index is 14.4. The van der Waals surface area contributed by atoms with Gasteiger partial charge in [-0.1, -0.05) is 0 Å². The fourth-order valence-corrected chi connectivity index (χ4v) is 3.65. The van der Waals surface area contributed by atoms with Crippen molar-refractivity contribution in [1.82, 2.24) is 15.2 Å². The van der Waals surface area contributed by atoms with E-state index in [1.807, 2.05) is 4.72 Å². The monoisotopic (exact) mass is 458 g/mol. The minimum Gasteiger partial charge on any atom is -0.450 e. The Labute approximate surface area is 176 Å². The molecule has 31 heavy (non-hydrogen) atoms. The number of nitrogens with zero attached hydrogens (tertiary/aromatic N) is 2. The maximum absolute atomic E-state index is 14.4. The molecule has 0 saturated heterocycles. The Morgan fingerprint density at radius 1 is 1.29 bits per heavy atom. The van der Waals surface area contributed by atoms with Gasteiger partial charge in [-0.3, -0.25) is 20.0 Å². The van der Waals surface area contributed by atoms with Crippen LogP contribution in [0, 0.1) is 11.6 Å². The highest BCUT2D eigenvalue weighted by atomic mass is 32.2. The number of halogens is 2. The van der Waals surface area contributed by atoms with Crippen molar-refractivity contribution in [3.63, 3.8) is 0 Å². The molecule has 0 radical (unpaired) electrons. The van der Waals surface area contributed by atoms with E-state index in [0.29, 0.717) is 12.1 Å². The average Bonchev–Trinajstić information content (AvgIpc) is 2.72. The molecule has 0 aliphatic heterocycles. The van der Waals surface area contributed by atoms with Crippen LogP contribution in [0.3, 0.4) is 0 Å². The lowest BCUT2D eigenvalue weighted by Crippen LogP contribution is -2.45. The predicted octanol–water partition coefficient (Wildman–Crippen LogP) is 0.358. The van der Waals surface area contributed by atoms with Crippen LogP contribution in [0.15, 0.2) is 46.5 Å². The van der Waals surface area contributed by atoms with E-state index in [1.165, 1.54) is 30.0 Å². The fraction of sp³-hybridized carbons (Fsp3) is 0.235. The zero-order valence-corrected chi connectivity index (χ0v) is 16.8. The van der Waals surface area contributed by atoms with Gasteiger partial charge in [0, 0.05) is 12.7 Å². The van der Waals surface area contributed by atoms with Gasteiger partial charge in [0.15, 0.2) is 23.3 Å². The molecule has 7 N–H and O–H groups in total. The quantitative estimate of drug-likeness (QED) is 0.111. The van der Waals surface area contributed by atoms with E-state index in [4.69, 9.17) is 21.4 Å². The number of aliphatic imine (C=N–C) groups is 1. The van der Waals surface area contributed by atoms with Gasteiger partial charge < -0.3 is 16.2 Å². The minimum absolute atomic E-state index is 0.0366. The van der Waals surface area contributed by atoms with Crippen LogP contribution in [0.25, 0.3) is 0 Å². The molecule has 2 aromatic rings. The molecule has 1 amide bonds. The molecule has 0 saturated carbocycles. The van der Waals surface area contributed by atoms with E-state index in [1.54, 1.807) is 0 Å². The van der Waals surface area contributed by atoms with Gasteiger partial charge >= 0.3 is 0 Å². The van der Waals surface area contributed by atoms with Crippen LogP contribution < -0.4 is 26.4 Å². The molecular weight excluding hydrogens is 438 g/mol. The Morgan fingerprint density at radius 2 is 1.97 bits per heavy atom. The number of hydrogen-bond acceptors (Lipinski definition) is 7. The molecule has 0 aliphatic carbocycles. The van der Waals surface area contributed by atoms with Gasteiger partial charge in [-0.25, -0.2) is 22.7 Å². The van der Waals surface area contributed by atoms with Gasteiger partial charge in [-0.2, -0.15) is 4.72 Å². The van der Waals surface area contributed by atoms with Crippen LogP contribution in [0.4, 0.5) is 8.78 Å². The van der Waals surface area contributed by atoms with Crippen LogP contribution in [0.1, 0.15) is 12.8 Å². The molecule has 1 atom stereocenters. The Hall–Kier alpha value is -3.36. The van der Waals surface area contributed by atoms with Gasteiger partial charge in [0.2, 0.25) is 10.0 Å². The lowest BCUT2D eigenvalue weighted by Gasteiger charge is -2.17. The third-order valence-electron chi connectivity index (χ3n) is 3.81. The number of carbonyl (C=O) groups excluding carboxylic acids is 1. The highest BCUT2D eigenvalue weighted by Crippen LogP contribution is 2.29. The van der Waals surface area contributed by atoms with Gasteiger partial charge in [-0.05, 0) is 37.1 Å². The van der Waals surface area contributed by atoms with Crippen molar-refractivity contribution in [3.05, 3.63) is 48.3 Å². The van der Waals surface area contributed by atoms with E-state index >= 15 is 0 Å². The SMILES string of the molecule is NC(N)=NCCC[C@H](NS(=O)(=O)c1cc(F)c(Oc2cccnc2)c(F)c1)C(=O)NO. The number of hydroxylamine groups is 1. The number of nitrogens with two attached hydrogens (primary N) is 2. The van der Waals surface area contributed by atoms with Crippen molar-refractivity contribution in [2.24, 2.45) is 16.5 Å². The first-order chi connectivity index (χ1) is 14.6. The Kier molecular flexibility index (Phi) is 8.18. The lowest BCUT2D eigenvalue weighted by molar-refractivity contribution is -0.131. The van der Waals surface area contributed by atoms with Gasteiger partial charge in [0.05, 0.1) is 11.1 Å². The number of benzene rings is 1. The van der Waals surface area contributed by atoms with E-state index in [2.05, 4.69) is 9.98 Å². The summed E-state index contributed by atoms with van der Waals surface area (Å²) in [6.07, 6.45) is 2.69. The Morgan fingerprint density at radius 3 is 2.52 bits per heavy atom. The molecule has 0 fully saturated rings. The standard InChI is InChI=1S/C17H20F2N6O5S/c18-12-7-11(8-13(19)15(12)30-10-3-1-5-22-9-10)31(28,29)25-14(16(26)24-27)4-2-6-23-17(20)21/h1,3,5,7-9,14,25,27H,2,4,6H2,(H,24,26)(H4,20,21,23)/t14-/m0/s1. The summed E-state index contributed by atoms with van der Waals surface area (Å²) in [5.74, 6) is -4.64. The second-order valence-corrected chi connectivity index (χ2v) is 7.82. The molecule has 1 aromatic carbocycles. The molecule has 11 nitrogen and oxygen atoms in total. The summed E-state index contributed by atoms with van der Waals surface area (Å²) in [7, 11) is -4.56. The zero-order chi connectivity index (χ0) is 23.0. The van der Waals surface area contributed by atoms with E-state index in [-0.39, 0.29) is 31.1 Å². The summed E-state index contributed by atoms with van der Waals surface area (Å²) >= 11 is 0. The van der Waals surface area contributed by atoms with Crippen LogP contribution in [-0.4, -0.2) is 43.1 Å². The van der Waals surface area contributed by atoms with Crippen LogP contribution >= 0.6 is 0 Å². The molecular formula is C17H20F2N6O5S. The van der Waals surface area contributed by atoms with E-state index in [0.717, 1.165) is 0 Å². The van der Waals surface area contributed by atoms with Crippen molar-refractivity contribution in [2.75, 3.05) is 6.54 Å². The summed E-state index contributed by atoms with van der Waals surface area (Å²) in [6.45, 7) is 0.0862. The number of sulfonamides is 1. The number of nitrogens with one attached hydrogen (secondary N) is 2. The average molecular weight is 458 g/mol. The fourth-order valence-electron chi connectivity index (χ4n) is 2.39. The summed E-state index contributed by atoms with van der Waals surface area (Å²) in [4.78, 5) is 18.4. The van der Waals surface area contributed by atoms with Crippen molar-refractivity contribution in [2.45, 2.75) is 23.8 Å². The first kappa shape index (κ1) is 23.9. The molecule has 1 heterocycles. The smallest absolute Gasteiger partial charge is 0.261 e. The molecule has 0 spiro atoms. The van der Waals surface area contributed by atoms with E-state index < -0.39 is 44.3 Å². The third kappa shape index (κ3) is 6.84. The highest BCUT2D eigenvalue weighted by Gasteiger charge is 2.27. The second kappa shape index (κ2) is 10.6. The summed E-state index contributed by atoms with van der Waals surface area (Å²) in [5, 5.41) is 8.84. The third-order valence-corrected chi connectivity index (χ3v) is 5.26. The van der Waals surface area contributed by atoms with Gasteiger partial charge in [-0.15, -0.1) is 0 Å². The summed E-state index contributed by atoms with van der Waals surface area (Å²) < 4.78 is 60.9. The summed E-state index contributed by atoms with van der Waals surface area (Å²) in [6, 6.07) is 2.49. The van der Waals surface area contributed by atoms with E-state index in [9.17, 15) is 22.0 Å². The molecule has 14 heteroatoms. The first-order valence-electron chi connectivity index (χ1n) is 8.72. The molecule has 0 unspecified atom stereocenters. The second-order valence-electron chi connectivity index (χ2n) is 6.11. The first-order valence-corrected chi connectivity index (χ1v) is 10.2. The number of amides is 1. The minimum atomic E-state index is -4.56. The number of hydrogen-bond donors (Lipinski definition) is 5. The summed E-state index contributed by atoms with van der Waals surface area (Å²) in [5.41, 5.74) is 11.7. The van der Waals surface area contributed by atoms with Crippen molar-refractivity contribution in [3.8, 4) is 11.5 Å². The largest absolute Gasteiger partial charge is 0.450 e. The van der Waals surface area contributed by atoms with Crippen LogP contribution in [0.5, 0.6) is 11.5 Å². The normalized spacial score (nSPS) is 12.1. The molecule has 0 bridgehead atoms. The maximum Gasteiger partial charge on any atom is 0.261 e. The highest BCUT2D eigenvalue weighted by molar-refractivity contribution is 7.89. The number of rotatable bonds is 10. The van der Waals surface area contributed by atoms with Crippen molar-refractivity contribution in [1.29, 1.82) is 0 Å². The number of guanidine groups is 1. The zero-order valence-electron chi connectivity index (χ0n) is 16.0. The molecule has 0 aliphatic rings. The predicted molar refractivity (Wildman–Crippen MR) is 105 cm³/mol. The number of ether oxygens (including phenoxy) is 1. The Balaban J connectivity index is 2.22. The Bertz CT molecular complexity index is 1030. The lowest BCUT2D eigenvalue weighted by atomic mass is 10.1. The van der Waals surface area contributed by atoms with Crippen molar-refractivity contribution < 1.29 is 31.9 Å². The van der Waals surface area contributed by atoms with Crippen LogP contribution in [-0.2, 0) is 14.8 Å². The topological polar surface area (TPSA) is 182 Å². The van der Waals surface area contributed by atoms with Gasteiger partial charge in [0.25, 0.3) is 5.91 Å².